The van der Waals surface area contributed by atoms with Gasteiger partial charge in [-0.25, -0.2) is 9.78 Å². The number of aromatic nitrogens is 1. The lowest BCUT2D eigenvalue weighted by Gasteiger charge is -2.30. The normalized spacial score (nSPS) is 22.4. The highest BCUT2D eigenvalue weighted by atomic mass is 79.9. The minimum Gasteiger partial charge on any atom is -0.481 e. The van der Waals surface area contributed by atoms with E-state index < -0.39 is 0 Å². The van der Waals surface area contributed by atoms with Crippen molar-refractivity contribution in [1.29, 1.82) is 0 Å². The summed E-state index contributed by atoms with van der Waals surface area (Å²) >= 11 is 3.52. The van der Waals surface area contributed by atoms with Gasteiger partial charge in [0.2, 0.25) is 5.88 Å². The highest BCUT2D eigenvalue weighted by Crippen LogP contribution is 2.35. The van der Waals surface area contributed by atoms with Crippen LogP contribution in [0.15, 0.2) is 47.1 Å². The highest BCUT2D eigenvalue weighted by Gasteiger charge is 2.38. The molecule has 3 heterocycles. The van der Waals surface area contributed by atoms with Crippen molar-refractivity contribution in [2.45, 2.75) is 24.8 Å². The molecule has 2 aliphatic rings. The molecule has 148 valence electrons. The molecule has 28 heavy (non-hydrogen) atoms. The van der Waals surface area contributed by atoms with Gasteiger partial charge in [-0.3, -0.25) is 4.90 Å². The zero-order chi connectivity index (χ0) is 19.5. The van der Waals surface area contributed by atoms with Gasteiger partial charge in [0, 0.05) is 42.1 Å². The predicted molar refractivity (Wildman–Crippen MR) is 113 cm³/mol. The zero-order valence-electron chi connectivity index (χ0n) is 16.0. The van der Waals surface area contributed by atoms with Gasteiger partial charge in [-0.2, -0.15) is 0 Å². The maximum atomic E-state index is 12.9. The number of halogens is 1. The second-order valence-corrected chi connectivity index (χ2v) is 8.28. The number of nitrogens with zero attached hydrogens (tertiary/aromatic N) is 3. The van der Waals surface area contributed by atoms with Crippen molar-refractivity contribution >= 4 is 27.6 Å². The molecule has 2 saturated heterocycles. The van der Waals surface area contributed by atoms with Crippen LogP contribution < -0.4 is 10.1 Å². The van der Waals surface area contributed by atoms with Gasteiger partial charge in [-0.05, 0) is 43.1 Å². The van der Waals surface area contributed by atoms with E-state index >= 15 is 0 Å². The molecule has 0 bridgehead atoms. The van der Waals surface area contributed by atoms with Gasteiger partial charge in [-0.15, -0.1) is 0 Å². The van der Waals surface area contributed by atoms with E-state index in [2.05, 4.69) is 55.4 Å². The van der Waals surface area contributed by atoms with Crippen LogP contribution in [0.25, 0.3) is 0 Å². The minimum absolute atomic E-state index is 0.0599. The number of urea groups is 1. The fourth-order valence-electron chi connectivity index (χ4n) is 4.28. The van der Waals surface area contributed by atoms with Crippen LogP contribution in [0, 0.1) is 0 Å². The molecule has 1 aromatic heterocycles. The zero-order valence-corrected chi connectivity index (χ0v) is 17.6. The van der Waals surface area contributed by atoms with E-state index in [1.54, 1.807) is 19.4 Å². The number of hydrogen-bond acceptors (Lipinski definition) is 4. The van der Waals surface area contributed by atoms with E-state index in [-0.39, 0.29) is 6.03 Å². The molecule has 2 aliphatic heterocycles. The molecule has 2 amide bonds. The van der Waals surface area contributed by atoms with Crippen LogP contribution in [-0.2, 0) is 0 Å². The standard InChI is InChI=1S/C21H25BrN4O2/c1-28-20-8-7-17(13-23-20)24-21(27)26-11-2-10-25-12-9-18(19(25)14-26)15-3-5-16(22)6-4-15/h3-8,13,18-19H,2,9-12,14H2,1H3,(H,24,27)/t18-,19+/m1/s1. The number of fused-ring (bicyclic) bond motifs is 1. The first-order valence-electron chi connectivity index (χ1n) is 9.69. The van der Waals surface area contributed by atoms with E-state index in [1.165, 1.54) is 5.56 Å². The molecule has 2 atom stereocenters. The van der Waals surface area contributed by atoms with Gasteiger partial charge in [-0.1, -0.05) is 28.1 Å². The SMILES string of the molecule is COc1ccc(NC(=O)N2CCCN3CC[C@H](c4ccc(Br)cc4)[C@@H]3C2)cn1. The van der Waals surface area contributed by atoms with Gasteiger partial charge in [0.15, 0.2) is 0 Å². The van der Waals surface area contributed by atoms with Crippen LogP contribution in [0.5, 0.6) is 5.88 Å². The van der Waals surface area contributed by atoms with Gasteiger partial charge in [0.05, 0.1) is 19.0 Å². The summed E-state index contributed by atoms with van der Waals surface area (Å²) in [5, 5.41) is 2.98. The lowest BCUT2D eigenvalue weighted by atomic mass is 9.91. The fraction of sp³-hybridized carbons (Fsp3) is 0.429. The van der Waals surface area contributed by atoms with E-state index in [9.17, 15) is 4.79 Å². The number of carbonyl (C=O) groups is 1. The largest absolute Gasteiger partial charge is 0.481 e. The molecule has 0 radical (unpaired) electrons. The third kappa shape index (κ3) is 4.15. The summed E-state index contributed by atoms with van der Waals surface area (Å²) in [6, 6.07) is 12.5. The molecule has 6 nitrogen and oxygen atoms in total. The number of anilines is 1. The summed E-state index contributed by atoms with van der Waals surface area (Å²) in [6.45, 7) is 3.67. The average Bonchev–Trinajstić information content (AvgIpc) is 2.98. The Bertz CT molecular complexity index is 812. The van der Waals surface area contributed by atoms with Crippen molar-refractivity contribution in [3.63, 3.8) is 0 Å². The maximum absolute atomic E-state index is 12.9. The molecule has 7 heteroatoms. The van der Waals surface area contributed by atoms with Crippen LogP contribution in [0.4, 0.5) is 10.5 Å². The van der Waals surface area contributed by atoms with Gasteiger partial charge in [0.1, 0.15) is 0 Å². The number of ether oxygens (including phenoxy) is 1. The Morgan fingerprint density at radius 3 is 2.71 bits per heavy atom. The highest BCUT2D eigenvalue weighted by molar-refractivity contribution is 9.10. The summed E-state index contributed by atoms with van der Waals surface area (Å²) in [4.78, 5) is 21.5. The number of pyridine rings is 1. The smallest absolute Gasteiger partial charge is 0.321 e. The van der Waals surface area contributed by atoms with Gasteiger partial charge in [0.25, 0.3) is 0 Å². The van der Waals surface area contributed by atoms with Crippen molar-refractivity contribution < 1.29 is 9.53 Å². The van der Waals surface area contributed by atoms with Crippen LogP contribution in [-0.4, -0.2) is 60.1 Å². The molecule has 2 fully saturated rings. The monoisotopic (exact) mass is 444 g/mol. The van der Waals surface area contributed by atoms with E-state index in [0.29, 0.717) is 23.5 Å². The summed E-state index contributed by atoms with van der Waals surface area (Å²) in [6.07, 6.45) is 3.77. The summed E-state index contributed by atoms with van der Waals surface area (Å²) in [7, 11) is 1.58. The van der Waals surface area contributed by atoms with Crippen molar-refractivity contribution in [2.24, 2.45) is 0 Å². The van der Waals surface area contributed by atoms with Crippen molar-refractivity contribution in [2.75, 3.05) is 38.6 Å². The fourth-order valence-corrected chi connectivity index (χ4v) is 4.54. The van der Waals surface area contributed by atoms with Crippen molar-refractivity contribution in [1.82, 2.24) is 14.8 Å². The first kappa shape index (κ1) is 19.2. The average molecular weight is 445 g/mol. The molecule has 1 N–H and O–H groups in total. The van der Waals surface area contributed by atoms with Crippen LogP contribution in [0.2, 0.25) is 0 Å². The lowest BCUT2D eigenvalue weighted by Crippen LogP contribution is -2.43. The van der Waals surface area contributed by atoms with Crippen LogP contribution in [0.3, 0.4) is 0 Å². The third-order valence-electron chi connectivity index (χ3n) is 5.72. The molecule has 0 saturated carbocycles. The Labute approximate surface area is 174 Å². The molecule has 1 aromatic carbocycles. The second kappa shape index (κ2) is 8.49. The maximum Gasteiger partial charge on any atom is 0.321 e. The molecule has 4 rings (SSSR count). The van der Waals surface area contributed by atoms with Gasteiger partial charge >= 0.3 is 6.03 Å². The third-order valence-corrected chi connectivity index (χ3v) is 6.25. The first-order valence-corrected chi connectivity index (χ1v) is 10.5. The lowest BCUT2D eigenvalue weighted by molar-refractivity contribution is 0.197. The number of hydrogen-bond donors (Lipinski definition) is 1. The van der Waals surface area contributed by atoms with Crippen LogP contribution in [0.1, 0.15) is 24.3 Å². The van der Waals surface area contributed by atoms with E-state index in [0.717, 1.165) is 43.5 Å². The molecular weight excluding hydrogens is 420 g/mol. The molecule has 2 aromatic rings. The van der Waals surface area contributed by atoms with Crippen molar-refractivity contribution in [3.8, 4) is 5.88 Å². The Morgan fingerprint density at radius 1 is 1.18 bits per heavy atom. The Morgan fingerprint density at radius 2 is 2.00 bits per heavy atom. The molecule has 0 spiro atoms. The number of amides is 2. The van der Waals surface area contributed by atoms with E-state index in [1.807, 2.05) is 11.0 Å². The topological polar surface area (TPSA) is 57.7 Å². The number of methoxy groups -OCH3 is 1. The van der Waals surface area contributed by atoms with E-state index in [4.69, 9.17) is 4.74 Å². The quantitative estimate of drug-likeness (QED) is 0.778. The second-order valence-electron chi connectivity index (χ2n) is 7.37. The Kier molecular flexibility index (Phi) is 5.82. The Hall–Kier alpha value is -2.12. The molecule has 0 unspecified atom stereocenters. The predicted octanol–water partition coefficient (Wildman–Crippen LogP) is 3.95. The Balaban J connectivity index is 1.46. The number of carbonyl (C=O) groups excluding carboxylic acids is 1. The first-order chi connectivity index (χ1) is 13.6. The molecule has 0 aliphatic carbocycles. The minimum atomic E-state index is -0.0599. The molecular formula is C21H25BrN4O2. The van der Waals surface area contributed by atoms with Gasteiger partial charge < -0.3 is 15.0 Å². The number of rotatable bonds is 3. The number of benzene rings is 1. The summed E-state index contributed by atoms with van der Waals surface area (Å²) in [5.41, 5.74) is 2.04. The number of nitrogens with one attached hydrogen (secondary N) is 1. The van der Waals surface area contributed by atoms with Crippen molar-refractivity contribution in [3.05, 3.63) is 52.6 Å². The summed E-state index contributed by atoms with van der Waals surface area (Å²) in [5.74, 6) is 0.996. The van der Waals surface area contributed by atoms with Crippen LogP contribution >= 0.6 is 15.9 Å². The summed E-state index contributed by atoms with van der Waals surface area (Å²) < 4.78 is 6.17.